The van der Waals surface area contributed by atoms with Crippen molar-refractivity contribution in [3.8, 4) is 0 Å². The molecule has 1 aliphatic heterocycles. The van der Waals surface area contributed by atoms with Crippen molar-refractivity contribution in [3.63, 3.8) is 0 Å². The van der Waals surface area contributed by atoms with Crippen molar-refractivity contribution in [3.05, 3.63) is 29.3 Å². The minimum Gasteiger partial charge on any atom is -0.398 e. The summed E-state index contributed by atoms with van der Waals surface area (Å²) < 4.78 is 0. The first kappa shape index (κ1) is 14.9. The number of nitrogen functional groups attached to an aromatic ring is 1. The molecule has 1 aliphatic rings. The highest BCUT2D eigenvalue weighted by Crippen LogP contribution is 2.38. The van der Waals surface area contributed by atoms with Gasteiger partial charge in [-0.3, -0.25) is 4.79 Å². The monoisotopic (exact) mass is 274 g/mol. The van der Waals surface area contributed by atoms with E-state index >= 15 is 0 Å². The first-order valence-corrected chi connectivity index (χ1v) is 7.67. The Morgan fingerprint density at radius 2 is 1.85 bits per heavy atom. The highest BCUT2D eigenvalue weighted by Gasteiger charge is 2.33. The summed E-state index contributed by atoms with van der Waals surface area (Å²) in [6.45, 7) is 8.19. The molecule has 2 N–H and O–H groups in total. The van der Waals surface area contributed by atoms with Crippen LogP contribution in [0.25, 0.3) is 0 Å². The smallest absolute Gasteiger partial charge is 0.256 e. The van der Waals surface area contributed by atoms with Gasteiger partial charge in [0.25, 0.3) is 5.91 Å². The van der Waals surface area contributed by atoms with Gasteiger partial charge in [-0.15, -0.1) is 0 Å². The van der Waals surface area contributed by atoms with Crippen molar-refractivity contribution in [2.75, 3.05) is 18.8 Å². The molecular formula is C17H26N2O. The number of hydrogen-bond acceptors (Lipinski definition) is 2. The van der Waals surface area contributed by atoms with E-state index in [4.69, 9.17) is 5.73 Å². The number of benzene rings is 1. The maximum atomic E-state index is 12.7. The highest BCUT2D eigenvalue weighted by molar-refractivity contribution is 6.00. The van der Waals surface area contributed by atoms with Crippen LogP contribution in [-0.2, 0) is 0 Å². The SMILES string of the molecule is CCC1(CC)CCN(C(=O)c2c(C)cccc2N)CC1. The van der Waals surface area contributed by atoms with Crippen LogP contribution in [0.1, 0.15) is 55.5 Å². The molecule has 0 aliphatic carbocycles. The first-order chi connectivity index (χ1) is 9.53. The highest BCUT2D eigenvalue weighted by atomic mass is 16.2. The summed E-state index contributed by atoms with van der Waals surface area (Å²) in [6.07, 6.45) is 4.63. The molecule has 3 nitrogen and oxygen atoms in total. The largest absolute Gasteiger partial charge is 0.398 e. The third kappa shape index (κ3) is 2.67. The molecule has 110 valence electrons. The molecule has 0 aromatic heterocycles. The van der Waals surface area contributed by atoms with Gasteiger partial charge in [0.05, 0.1) is 5.56 Å². The Morgan fingerprint density at radius 3 is 2.35 bits per heavy atom. The van der Waals surface area contributed by atoms with E-state index in [9.17, 15) is 4.79 Å². The molecule has 1 aromatic rings. The Kier molecular flexibility index (Phi) is 4.36. The second-order valence-corrected chi connectivity index (χ2v) is 6.04. The summed E-state index contributed by atoms with van der Waals surface area (Å²) in [5.74, 6) is 0.0985. The number of carbonyl (C=O) groups is 1. The van der Waals surface area contributed by atoms with Crippen molar-refractivity contribution in [1.29, 1.82) is 0 Å². The van der Waals surface area contributed by atoms with Crippen LogP contribution in [0.4, 0.5) is 5.69 Å². The molecule has 0 unspecified atom stereocenters. The Morgan fingerprint density at radius 1 is 1.25 bits per heavy atom. The van der Waals surface area contributed by atoms with E-state index in [1.165, 1.54) is 12.8 Å². The normalized spacial score (nSPS) is 18.1. The van der Waals surface area contributed by atoms with Crippen LogP contribution in [0, 0.1) is 12.3 Å². The number of nitrogens with zero attached hydrogens (tertiary/aromatic N) is 1. The second-order valence-electron chi connectivity index (χ2n) is 6.04. The summed E-state index contributed by atoms with van der Waals surface area (Å²) in [6, 6.07) is 5.67. The van der Waals surface area contributed by atoms with Gasteiger partial charge in [0, 0.05) is 18.8 Å². The van der Waals surface area contributed by atoms with E-state index in [-0.39, 0.29) is 5.91 Å². The fraction of sp³-hybridized carbons (Fsp3) is 0.588. The first-order valence-electron chi connectivity index (χ1n) is 7.67. The third-order valence-electron chi connectivity index (χ3n) is 5.13. The number of rotatable bonds is 3. The van der Waals surface area contributed by atoms with Crippen molar-refractivity contribution in [1.82, 2.24) is 4.90 Å². The number of piperidine rings is 1. The molecule has 1 heterocycles. The minimum atomic E-state index is 0.0985. The fourth-order valence-corrected chi connectivity index (χ4v) is 3.28. The van der Waals surface area contributed by atoms with E-state index in [0.717, 1.165) is 31.5 Å². The van der Waals surface area contributed by atoms with Crippen molar-refractivity contribution in [2.24, 2.45) is 5.41 Å². The molecule has 20 heavy (non-hydrogen) atoms. The van der Waals surface area contributed by atoms with Gasteiger partial charge in [0.15, 0.2) is 0 Å². The Bertz CT molecular complexity index is 462. The van der Waals surface area contributed by atoms with Gasteiger partial charge in [0.2, 0.25) is 0 Å². The number of anilines is 1. The molecule has 1 fully saturated rings. The van der Waals surface area contributed by atoms with Crippen LogP contribution in [0.3, 0.4) is 0 Å². The standard InChI is InChI=1S/C17H26N2O/c1-4-17(5-2)9-11-19(12-10-17)16(20)15-13(3)7-6-8-14(15)18/h6-8H,4-5,9-12,18H2,1-3H3. The Balaban J connectivity index is 2.13. The average Bonchev–Trinajstić information content (AvgIpc) is 2.47. The molecular weight excluding hydrogens is 248 g/mol. The van der Waals surface area contributed by atoms with Gasteiger partial charge in [0.1, 0.15) is 0 Å². The molecule has 0 spiro atoms. The van der Waals surface area contributed by atoms with E-state index in [2.05, 4.69) is 13.8 Å². The van der Waals surface area contributed by atoms with Crippen LogP contribution in [0.15, 0.2) is 18.2 Å². The maximum Gasteiger partial charge on any atom is 0.256 e. The molecule has 1 aromatic carbocycles. The Hall–Kier alpha value is -1.51. The lowest BCUT2D eigenvalue weighted by molar-refractivity contribution is 0.0558. The van der Waals surface area contributed by atoms with Crippen LogP contribution < -0.4 is 5.73 Å². The molecule has 1 amide bonds. The number of likely N-dealkylation sites (tertiary alicyclic amines) is 1. The zero-order valence-electron chi connectivity index (χ0n) is 12.9. The second kappa shape index (κ2) is 5.86. The quantitative estimate of drug-likeness (QED) is 0.856. The Labute approximate surface area is 122 Å². The van der Waals surface area contributed by atoms with Gasteiger partial charge in [-0.2, -0.15) is 0 Å². The maximum absolute atomic E-state index is 12.7. The van der Waals surface area contributed by atoms with E-state index in [1.807, 2.05) is 30.0 Å². The summed E-state index contributed by atoms with van der Waals surface area (Å²) in [4.78, 5) is 14.6. The minimum absolute atomic E-state index is 0.0985. The van der Waals surface area contributed by atoms with Crippen LogP contribution >= 0.6 is 0 Å². The number of aryl methyl sites for hydroxylation is 1. The van der Waals surface area contributed by atoms with Crippen molar-refractivity contribution < 1.29 is 4.79 Å². The number of hydrogen-bond donors (Lipinski definition) is 1. The van der Waals surface area contributed by atoms with Crippen LogP contribution in [-0.4, -0.2) is 23.9 Å². The van der Waals surface area contributed by atoms with Crippen molar-refractivity contribution in [2.45, 2.75) is 46.5 Å². The number of nitrogens with two attached hydrogens (primary N) is 1. The number of carbonyl (C=O) groups excluding carboxylic acids is 1. The molecule has 1 saturated heterocycles. The number of amides is 1. The third-order valence-corrected chi connectivity index (χ3v) is 5.13. The summed E-state index contributed by atoms with van der Waals surface area (Å²) in [7, 11) is 0. The molecule has 2 rings (SSSR count). The lowest BCUT2D eigenvalue weighted by atomic mass is 9.74. The average molecular weight is 274 g/mol. The van der Waals surface area contributed by atoms with E-state index < -0.39 is 0 Å². The zero-order chi connectivity index (χ0) is 14.8. The molecule has 0 saturated carbocycles. The fourth-order valence-electron chi connectivity index (χ4n) is 3.28. The summed E-state index contributed by atoms with van der Waals surface area (Å²) in [5.41, 5.74) is 8.68. The van der Waals surface area contributed by atoms with Crippen LogP contribution in [0.2, 0.25) is 0 Å². The van der Waals surface area contributed by atoms with Gasteiger partial charge in [-0.25, -0.2) is 0 Å². The zero-order valence-corrected chi connectivity index (χ0v) is 12.9. The van der Waals surface area contributed by atoms with E-state index in [0.29, 0.717) is 16.7 Å². The topological polar surface area (TPSA) is 46.3 Å². The van der Waals surface area contributed by atoms with Crippen LogP contribution in [0.5, 0.6) is 0 Å². The van der Waals surface area contributed by atoms with Gasteiger partial charge in [-0.1, -0.05) is 38.8 Å². The van der Waals surface area contributed by atoms with Gasteiger partial charge in [-0.05, 0) is 36.8 Å². The lowest BCUT2D eigenvalue weighted by Crippen LogP contribution is -2.43. The van der Waals surface area contributed by atoms with Gasteiger partial charge < -0.3 is 10.6 Å². The molecule has 3 heteroatoms. The van der Waals surface area contributed by atoms with E-state index in [1.54, 1.807) is 0 Å². The van der Waals surface area contributed by atoms with Gasteiger partial charge >= 0.3 is 0 Å². The predicted molar refractivity (Wildman–Crippen MR) is 83.7 cm³/mol. The molecule has 0 atom stereocenters. The molecule has 0 radical (unpaired) electrons. The lowest BCUT2D eigenvalue weighted by Gasteiger charge is -2.41. The predicted octanol–water partition coefficient (Wildman–Crippen LogP) is 3.62. The molecule has 0 bridgehead atoms. The van der Waals surface area contributed by atoms with Crippen molar-refractivity contribution >= 4 is 11.6 Å². The summed E-state index contributed by atoms with van der Waals surface area (Å²) >= 11 is 0. The summed E-state index contributed by atoms with van der Waals surface area (Å²) in [5, 5.41) is 0.